The van der Waals surface area contributed by atoms with Gasteiger partial charge in [0.25, 0.3) is 0 Å². The first kappa shape index (κ1) is 12.3. The number of nitro benzene ring substituents is 1. The number of rotatable bonds is 3. The maximum absolute atomic E-state index is 11.0. The summed E-state index contributed by atoms with van der Waals surface area (Å²) in [5.74, 6) is 0.381. The largest absolute Gasteiger partial charge is 0.482 e. The molecule has 0 bridgehead atoms. The van der Waals surface area contributed by atoms with Crippen molar-refractivity contribution in [2.24, 2.45) is 0 Å². The summed E-state index contributed by atoms with van der Waals surface area (Å²) in [4.78, 5) is 10.6. The van der Waals surface area contributed by atoms with Crippen molar-refractivity contribution in [2.45, 2.75) is 19.4 Å². The SMILES string of the molecule is Cc1cc(Br)cc([N+](=O)[O-])c1OC1CCNC1. The van der Waals surface area contributed by atoms with Gasteiger partial charge in [0.15, 0.2) is 5.75 Å². The highest BCUT2D eigenvalue weighted by Crippen LogP contribution is 2.35. The number of hydrogen-bond donors (Lipinski definition) is 1. The summed E-state index contributed by atoms with van der Waals surface area (Å²) in [5.41, 5.74) is 0.793. The molecule has 6 heteroatoms. The van der Waals surface area contributed by atoms with Crippen LogP contribution in [0.25, 0.3) is 0 Å². The summed E-state index contributed by atoms with van der Waals surface area (Å²) in [7, 11) is 0. The van der Waals surface area contributed by atoms with Gasteiger partial charge in [-0.1, -0.05) is 15.9 Å². The van der Waals surface area contributed by atoms with Crippen molar-refractivity contribution in [3.63, 3.8) is 0 Å². The Hall–Kier alpha value is -1.14. The monoisotopic (exact) mass is 300 g/mol. The van der Waals surface area contributed by atoms with Gasteiger partial charge in [-0.05, 0) is 31.5 Å². The summed E-state index contributed by atoms with van der Waals surface area (Å²) in [5, 5.41) is 14.2. The van der Waals surface area contributed by atoms with E-state index in [1.807, 2.05) is 13.0 Å². The zero-order valence-electron chi connectivity index (χ0n) is 9.40. The molecule has 1 aliphatic rings. The van der Waals surface area contributed by atoms with Crippen molar-refractivity contribution >= 4 is 21.6 Å². The Morgan fingerprint density at radius 3 is 2.94 bits per heavy atom. The lowest BCUT2D eigenvalue weighted by molar-refractivity contribution is -0.386. The van der Waals surface area contributed by atoms with E-state index >= 15 is 0 Å². The molecule has 17 heavy (non-hydrogen) atoms. The predicted molar refractivity (Wildman–Crippen MR) is 67.4 cm³/mol. The summed E-state index contributed by atoms with van der Waals surface area (Å²) in [6.07, 6.45) is 0.903. The van der Waals surface area contributed by atoms with Gasteiger partial charge in [0.2, 0.25) is 0 Å². The minimum absolute atomic E-state index is 0.0174. The fourth-order valence-electron chi connectivity index (χ4n) is 1.90. The quantitative estimate of drug-likeness (QED) is 0.688. The molecule has 92 valence electrons. The normalized spacial score (nSPS) is 19.3. The van der Waals surface area contributed by atoms with Gasteiger partial charge < -0.3 is 10.1 Å². The molecule has 1 fully saturated rings. The summed E-state index contributed by atoms with van der Waals surface area (Å²) >= 11 is 3.26. The van der Waals surface area contributed by atoms with Crippen LogP contribution in [0.2, 0.25) is 0 Å². The standard InChI is InChI=1S/C11H13BrN2O3/c1-7-4-8(12)5-10(14(15)16)11(7)17-9-2-3-13-6-9/h4-5,9,13H,2-3,6H2,1H3. The van der Waals surface area contributed by atoms with E-state index in [2.05, 4.69) is 21.2 Å². The van der Waals surface area contributed by atoms with E-state index in [4.69, 9.17) is 4.74 Å². The van der Waals surface area contributed by atoms with Crippen LogP contribution in [0.3, 0.4) is 0 Å². The highest BCUT2D eigenvalue weighted by Gasteiger charge is 2.24. The Labute approximate surface area is 107 Å². The van der Waals surface area contributed by atoms with Crippen LogP contribution >= 0.6 is 15.9 Å². The number of hydrogen-bond acceptors (Lipinski definition) is 4. The molecule has 5 nitrogen and oxygen atoms in total. The second kappa shape index (κ2) is 5.01. The molecule has 1 aromatic rings. The molecule has 1 unspecified atom stereocenters. The fourth-order valence-corrected chi connectivity index (χ4v) is 2.46. The molecule has 0 amide bonds. The van der Waals surface area contributed by atoms with E-state index in [0.29, 0.717) is 10.2 Å². The van der Waals surface area contributed by atoms with Crippen molar-refractivity contribution in [1.29, 1.82) is 0 Å². The first-order valence-electron chi connectivity index (χ1n) is 5.40. The zero-order valence-corrected chi connectivity index (χ0v) is 11.0. The average Bonchev–Trinajstić information content (AvgIpc) is 2.74. The maximum Gasteiger partial charge on any atom is 0.312 e. The summed E-state index contributed by atoms with van der Waals surface area (Å²) in [6, 6.07) is 3.30. The van der Waals surface area contributed by atoms with Gasteiger partial charge in [-0.15, -0.1) is 0 Å². The van der Waals surface area contributed by atoms with E-state index in [9.17, 15) is 10.1 Å². The van der Waals surface area contributed by atoms with Gasteiger partial charge in [0.05, 0.1) is 4.92 Å². The Morgan fingerprint density at radius 1 is 1.59 bits per heavy atom. The van der Waals surface area contributed by atoms with Crippen LogP contribution in [-0.4, -0.2) is 24.1 Å². The molecular formula is C11H13BrN2O3. The van der Waals surface area contributed by atoms with Crippen LogP contribution in [0.5, 0.6) is 5.75 Å². The van der Waals surface area contributed by atoms with Crippen LogP contribution in [0, 0.1) is 17.0 Å². The molecule has 0 saturated carbocycles. The van der Waals surface area contributed by atoms with Gasteiger partial charge in [0, 0.05) is 17.1 Å². The van der Waals surface area contributed by atoms with Crippen molar-refractivity contribution in [3.8, 4) is 5.75 Å². The van der Waals surface area contributed by atoms with Crippen LogP contribution in [0.4, 0.5) is 5.69 Å². The lowest BCUT2D eigenvalue weighted by Gasteiger charge is -2.14. The topological polar surface area (TPSA) is 64.4 Å². The van der Waals surface area contributed by atoms with Crippen molar-refractivity contribution < 1.29 is 9.66 Å². The molecule has 1 heterocycles. The van der Waals surface area contributed by atoms with Crippen molar-refractivity contribution in [1.82, 2.24) is 5.32 Å². The highest BCUT2D eigenvalue weighted by molar-refractivity contribution is 9.10. The van der Waals surface area contributed by atoms with E-state index in [1.54, 1.807) is 0 Å². The molecular weight excluding hydrogens is 288 g/mol. The maximum atomic E-state index is 11.0. The second-order valence-corrected chi connectivity index (χ2v) is 4.98. The minimum Gasteiger partial charge on any atom is -0.482 e. The minimum atomic E-state index is -0.407. The first-order chi connectivity index (χ1) is 8.08. The van der Waals surface area contributed by atoms with Crippen molar-refractivity contribution in [2.75, 3.05) is 13.1 Å². The fraction of sp³-hybridized carbons (Fsp3) is 0.455. The summed E-state index contributed by atoms with van der Waals surface area (Å²) in [6.45, 7) is 3.45. The third-order valence-electron chi connectivity index (χ3n) is 2.72. The van der Waals surface area contributed by atoms with Gasteiger partial charge in [-0.2, -0.15) is 0 Å². The molecule has 0 aliphatic carbocycles. The molecule has 0 aromatic heterocycles. The lowest BCUT2D eigenvalue weighted by Crippen LogP contribution is -2.20. The molecule has 1 aromatic carbocycles. The number of nitrogens with one attached hydrogen (secondary N) is 1. The molecule has 1 N–H and O–H groups in total. The first-order valence-corrected chi connectivity index (χ1v) is 6.19. The Kier molecular flexibility index (Phi) is 3.63. The lowest BCUT2D eigenvalue weighted by atomic mass is 10.2. The molecule has 1 saturated heterocycles. The second-order valence-electron chi connectivity index (χ2n) is 4.06. The Balaban J connectivity index is 2.33. The van der Waals surface area contributed by atoms with E-state index < -0.39 is 4.92 Å². The van der Waals surface area contributed by atoms with Gasteiger partial charge >= 0.3 is 5.69 Å². The molecule has 1 atom stereocenters. The number of halogens is 1. The van der Waals surface area contributed by atoms with Crippen LogP contribution < -0.4 is 10.1 Å². The third kappa shape index (κ3) is 2.76. The van der Waals surface area contributed by atoms with E-state index in [0.717, 1.165) is 25.1 Å². The van der Waals surface area contributed by atoms with Gasteiger partial charge in [-0.3, -0.25) is 10.1 Å². The summed E-state index contributed by atoms with van der Waals surface area (Å²) < 4.78 is 6.42. The van der Waals surface area contributed by atoms with E-state index in [-0.39, 0.29) is 11.8 Å². The average molecular weight is 301 g/mol. The van der Waals surface area contributed by atoms with Gasteiger partial charge in [0.1, 0.15) is 6.10 Å². The molecule has 0 spiro atoms. The molecule has 2 rings (SSSR count). The van der Waals surface area contributed by atoms with Crippen LogP contribution in [0.1, 0.15) is 12.0 Å². The van der Waals surface area contributed by atoms with Crippen LogP contribution in [0.15, 0.2) is 16.6 Å². The Bertz CT molecular complexity index is 445. The third-order valence-corrected chi connectivity index (χ3v) is 3.17. The molecule has 0 radical (unpaired) electrons. The number of ether oxygens (including phenoxy) is 1. The number of nitro groups is 1. The predicted octanol–water partition coefficient (Wildman–Crippen LogP) is 2.41. The molecule has 1 aliphatic heterocycles. The smallest absolute Gasteiger partial charge is 0.312 e. The zero-order chi connectivity index (χ0) is 12.4. The van der Waals surface area contributed by atoms with Gasteiger partial charge in [-0.25, -0.2) is 0 Å². The number of nitrogens with zero attached hydrogens (tertiary/aromatic N) is 1. The Morgan fingerprint density at radius 2 is 2.35 bits per heavy atom. The number of aryl methyl sites for hydroxylation is 1. The number of benzene rings is 1. The highest BCUT2D eigenvalue weighted by atomic mass is 79.9. The van der Waals surface area contributed by atoms with Crippen molar-refractivity contribution in [3.05, 3.63) is 32.3 Å². The van der Waals surface area contributed by atoms with Crippen LogP contribution in [-0.2, 0) is 0 Å². The van der Waals surface area contributed by atoms with E-state index in [1.165, 1.54) is 6.07 Å².